The summed E-state index contributed by atoms with van der Waals surface area (Å²) in [4.78, 5) is 12.5. The molecule has 0 bridgehead atoms. The third-order valence-corrected chi connectivity index (χ3v) is 4.18. The summed E-state index contributed by atoms with van der Waals surface area (Å²) in [6.45, 7) is 2.09. The standard InChI is InChI=1S/C21H21NO/c1-2-20(17-10-4-3-5-11-17)22-21(23)15-18-13-8-12-16-9-6-7-14-19(16)18/h3-14,20H,2,15H2,1H3,(H,22,23)/t20-/m1/s1. The Labute approximate surface area is 137 Å². The smallest absolute Gasteiger partial charge is 0.224 e. The Morgan fingerprint density at radius 2 is 1.61 bits per heavy atom. The number of fused-ring (bicyclic) bond motifs is 1. The van der Waals surface area contributed by atoms with Crippen LogP contribution in [0.5, 0.6) is 0 Å². The molecule has 0 aliphatic rings. The van der Waals surface area contributed by atoms with E-state index in [-0.39, 0.29) is 11.9 Å². The van der Waals surface area contributed by atoms with E-state index in [1.54, 1.807) is 0 Å². The van der Waals surface area contributed by atoms with Gasteiger partial charge in [-0.3, -0.25) is 4.79 Å². The Bertz CT molecular complexity index is 790. The van der Waals surface area contributed by atoms with Gasteiger partial charge in [0, 0.05) is 0 Å². The summed E-state index contributed by atoms with van der Waals surface area (Å²) >= 11 is 0. The Balaban J connectivity index is 1.76. The zero-order valence-electron chi connectivity index (χ0n) is 13.3. The lowest BCUT2D eigenvalue weighted by Gasteiger charge is -2.18. The van der Waals surface area contributed by atoms with E-state index in [2.05, 4.69) is 42.6 Å². The number of amides is 1. The molecular weight excluding hydrogens is 282 g/mol. The van der Waals surface area contributed by atoms with Gasteiger partial charge in [0.1, 0.15) is 0 Å². The van der Waals surface area contributed by atoms with Gasteiger partial charge in [-0.15, -0.1) is 0 Å². The van der Waals surface area contributed by atoms with Crippen LogP contribution in [-0.4, -0.2) is 5.91 Å². The predicted molar refractivity (Wildman–Crippen MR) is 95.3 cm³/mol. The van der Waals surface area contributed by atoms with Crippen LogP contribution in [0.3, 0.4) is 0 Å². The molecule has 1 amide bonds. The Morgan fingerprint density at radius 1 is 0.913 bits per heavy atom. The molecule has 0 radical (unpaired) electrons. The van der Waals surface area contributed by atoms with E-state index in [1.165, 1.54) is 5.39 Å². The van der Waals surface area contributed by atoms with E-state index in [1.807, 2.05) is 42.5 Å². The predicted octanol–water partition coefficient (Wildman–Crippen LogP) is 4.65. The molecule has 3 aromatic carbocycles. The fraction of sp³-hybridized carbons (Fsp3) is 0.190. The average molecular weight is 303 g/mol. The highest BCUT2D eigenvalue weighted by Crippen LogP contribution is 2.20. The van der Waals surface area contributed by atoms with E-state index in [0.717, 1.165) is 22.9 Å². The molecule has 0 aliphatic carbocycles. The van der Waals surface area contributed by atoms with Gasteiger partial charge in [0.25, 0.3) is 0 Å². The summed E-state index contributed by atoms with van der Waals surface area (Å²) in [5.41, 5.74) is 2.23. The lowest BCUT2D eigenvalue weighted by molar-refractivity contribution is -0.121. The fourth-order valence-corrected chi connectivity index (χ4v) is 2.97. The lowest BCUT2D eigenvalue weighted by atomic mass is 10.0. The molecule has 1 atom stereocenters. The van der Waals surface area contributed by atoms with Gasteiger partial charge in [-0.1, -0.05) is 79.7 Å². The highest BCUT2D eigenvalue weighted by Gasteiger charge is 2.13. The molecule has 3 aromatic rings. The summed E-state index contributed by atoms with van der Waals surface area (Å²) in [6, 6.07) is 24.5. The minimum atomic E-state index is 0.0667. The first-order valence-corrected chi connectivity index (χ1v) is 8.09. The van der Waals surface area contributed by atoms with Gasteiger partial charge in [-0.05, 0) is 28.3 Å². The van der Waals surface area contributed by atoms with Crippen LogP contribution < -0.4 is 5.32 Å². The second kappa shape index (κ2) is 7.10. The number of hydrogen-bond acceptors (Lipinski definition) is 1. The van der Waals surface area contributed by atoms with Gasteiger partial charge in [0.05, 0.1) is 12.5 Å². The first-order chi connectivity index (χ1) is 11.3. The first kappa shape index (κ1) is 15.3. The van der Waals surface area contributed by atoms with Gasteiger partial charge in [0.2, 0.25) is 5.91 Å². The summed E-state index contributed by atoms with van der Waals surface area (Å²) in [7, 11) is 0. The van der Waals surface area contributed by atoms with Gasteiger partial charge in [-0.2, -0.15) is 0 Å². The third kappa shape index (κ3) is 3.59. The zero-order valence-corrected chi connectivity index (χ0v) is 13.3. The van der Waals surface area contributed by atoms with Crippen LogP contribution in [0.2, 0.25) is 0 Å². The second-order valence-corrected chi connectivity index (χ2v) is 5.75. The van der Waals surface area contributed by atoms with Crippen molar-refractivity contribution in [2.75, 3.05) is 0 Å². The number of hydrogen-bond donors (Lipinski definition) is 1. The largest absolute Gasteiger partial charge is 0.349 e. The van der Waals surface area contributed by atoms with Gasteiger partial charge in [0.15, 0.2) is 0 Å². The van der Waals surface area contributed by atoms with E-state index < -0.39 is 0 Å². The maximum absolute atomic E-state index is 12.5. The number of rotatable bonds is 5. The van der Waals surface area contributed by atoms with Crippen LogP contribution in [0.15, 0.2) is 72.8 Å². The van der Waals surface area contributed by atoms with Gasteiger partial charge >= 0.3 is 0 Å². The third-order valence-electron chi connectivity index (χ3n) is 4.18. The van der Waals surface area contributed by atoms with E-state index in [4.69, 9.17) is 0 Å². The molecule has 23 heavy (non-hydrogen) atoms. The quantitative estimate of drug-likeness (QED) is 0.730. The molecular formula is C21H21NO. The van der Waals surface area contributed by atoms with Crippen molar-refractivity contribution < 1.29 is 4.79 Å². The van der Waals surface area contributed by atoms with Crippen LogP contribution in [0.4, 0.5) is 0 Å². The minimum Gasteiger partial charge on any atom is -0.349 e. The Kier molecular flexibility index (Phi) is 4.72. The summed E-state index contributed by atoms with van der Waals surface area (Å²) in [5, 5.41) is 5.48. The highest BCUT2D eigenvalue weighted by atomic mass is 16.1. The SMILES string of the molecule is CC[C@@H](NC(=O)Cc1cccc2ccccc12)c1ccccc1. The van der Waals surface area contributed by atoms with Crippen LogP contribution in [0.25, 0.3) is 10.8 Å². The molecule has 0 fully saturated rings. The van der Waals surface area contributed by atoms with Gasteiger partial charge < -0.3 is 5.32 Å². The monoisotopic (exact) mass is 303 g/mol. The van der Waals surface area contributed by atoms with E-state index in [9.17, 15) is 4.79 Å². The molecule has 0 heterocycles. The summed E-state index contributed by atoms with van der Waals surface area (Å²) in [6.07, 6.45) is 1.29. The maximum atomic E-state index is 12.5. The highest BCUT2D eigenvalue weighted by molar-refractivity contribution is 5.90. The molecule has 116 valence electrons. The molecule has 0 aromatic heterocycles. The topological polar surface area (TPSA) is 29.1 Å². The Hall–Kier alpha value is -2.61. The number of carbonyl (C=O) groups excluding carboxylic acids is 1. The number of carbonyl (C=O) groups is 1. The Morgan fingerprint density at radius 3 is 2.39 bits per heavy atom. The summed E-state index contributed by atoms with van der Waals surface area (Å²) < 4.78 is 0. The van der Waals surface area contributed by atoms with Crippen molar-refractivity contribution in [1.29, 1.82) is 0 Å². The molecule has 1 N–H and O–H groups in total. The molecule has 0 aliphatic heterocycles. The lowest BCUT2D eigenvalue weighted by Crippen LogP contribution is -2.29. The van der Waals surface area contributed by atoms with Gasteiger partial charge in [-0.25, -0.2) is 0 Å². The van der Waals surface area contributed by atoms with Crippen molar-refractivity contribution in [2.24, 2.45) is 0 Å². The van der Waals surface area contributed by atoms with Crippen LogP contribution in [-0.2, 0) is 11.2 Å². The number of nitrogens with one attached hydrogen (secondary N) is 1. The summed E-state index contributed by atoms with van der Waals surface area (Å²) in [5.74, 6) is 0.0667. The van der Waals surface area contributed by atoms with Crippen LogP contribution in [0, 0.1) is 0 Å². The van der Waals surface area contributed by atoms with Crippen LogP contribution >= 0.6 is 0 Å². The molecule has 2 heteroatoms. The van der Waals surface area contributed by atoms with Crippen molar-refractivity contribution in [1.82, 2.24) is 5.32 Å². The van der Waals surface area contributed by atoms with Crippen molar-refractivity contribution >= 4 is 16.7 Å². The second-order valence-electron chi connectivity index (χ2n) is 5.75. The first-order valence-electron chi connectivity index (χ1n) is 8.09. The molecule has 0 unspecified atom stereocenters. The minimum absolute atomic E-state index is 0.0667. The number of benzene rings is 3. The molecule has 0 saturated heterocycles. The molecule has 2 nitrogen and oxygen atoms in total. The van der Waals surface area contributed by atoms with Crippen molar-refractivity contribution in [3.8, 4) is 0 Å². The van der Waals surface area contributed by atoms with E-state index in [0.29, 0.717) is 6.42 Å². The molecule has 0 saturated carbocycles. The van der Waals surface area contributed by atoms with E-state index >= 15 is 0 Å². The van der Waals surface area contributed by atoms with Crippen LogP contribution in [0.1, 0.15) is 30.5 Å². The van der Waals surface area contributed by atoms with Crippen molar-refractivity contribution in [2.45, 2.75) is 25.8 Å². The molecule has 3 rings (SSSR count). The molecule has 0 spiro atoms. The fourth-order valence-electron chi connectivity index (χ4n) is 2.97. The maximum Gasteiger partial charge on any atom is 0.224 e. The van der Waals surface area contributed by atoms with Crippen molar-refractivity contribution in [3.63, 3.8) is 0 Å². The normalized spacial score (nSPS) is 12.0. The zero-order chi connectivity index (χ0) is 16.1. The van der Waals surface area contributed by atoms with Crippen molar-refractivity contribution in [3.05, 3.63) is 83.9 Å². The average Bonchev–Trinajstić information content (AvgIpc) is 2.61.